The van der Waals surface area contributed by atoms with Crippen molar-refractivity contribution >= 4 is 0 Å². The Bertz CT molecular complexity index is 34.6. The Hall–Kier alpha value is -0.440. The first-order valence-corrected chi connectivity index (χ1v) is 1.32. The molecule has 0 aliphatic heterocycles. The summed E-state index contributed by atoms with van der Waals surface area (Å²) < 4.78 is 0. The molecule has 0 amide bonds. The van der Waals surface area contributed by atoms with Gasteiger partial charge in [0.05, 0.1) is 0 Å². The Morgan fingerprint density at radius 3 is 2.20 bits per heavy atom. The molecular weight excluding hydrogens is 68.0 g/mol. The fourth-order valence-corrected chi connectivity index (χ4v) is 0. The van der Waals surface area contributed by atoms with Gasteiger partial charge in [0.1, 0.15) is 0 Å². The van der Waals surface area contributed by atoms with E-state index in [9.17, 15) is 0 Å². The highest BCUT2D eigenvalue weighted by Gasteiger charge is 1.78. The highest BCUT2D eigenvalue weighted by Crippen LogP contribution is 1.73. The van der Waals surface area contributed by atoms with Gasteiger partial charge < -0.3 is 5.11 Å². The zero-order valence-electron chi connectivity index (χ0n) is 2.97. The van der Waals surface area contributed by atoms with Crippen molar-refractivity contribution in [1.29, 1.82) is 5.53 Å². The van der Waals surface area contributed by atoms with Gasteiger partial charge in [-0.05, 0) is 6.92 Å². The number of nitrogens with one attached hydrogen (secondary N) is 1. The molecule has 0 aliphatic carbocycles. The van der Waals surface area contributed by atoms with E-state index in [0.717, 1.165) is 0 Å². The Balaban J connectivity index is 2.83. The summed E-state index contributed by atoms with van der Waals surface area (Å²) in [7, 11) is 0. The second-order valence-corrected chi connectivity index (χ2v) is 0.761. The molecule has 0 rings (SSSR count). The molecule has 0 saturated heterocycles. The summed E-state index contributed by atoms with van der Waals surface area (Å²) in [5.74, 6) is 0. The average molecular weight is 74.1 g/mol. The van der Waals surface area contributed by atoms with Gasteiger partial charge in [-0.1, -0.05) is 0 Å². The molecule has 0 aromatic heterocycles. The van der Waals surface area contributed by atoms with Gasteiger partial charge in [-0.15, -0.1) is 0 Å². The fraction of sp³-hybridized carbons (Fsp3) is 1.00. The largest absolute Gasteiger partial charge is 0.370 e. The quantitative estimate of drug-likeness (QED) is 0.433. The van der Waals surface area contributed by atoms with Crippen LogP contribution in [0.5, 0.6) is 0 Å². The second kappa shape index (κ2) is 1.84. The summed E-state index contributed by atoms with van der Waals surface area (Å²) in [6, 6.07) is 0. The van der Waals surface area contributed by atoms with Crippen LogP contribution in [-0.2, 0) is 0 Å². The lowest BCUT2D eigenvalue weighted by atomic mass is 10.7. The van der Waals surface area contributed by atoms with Crippen LogP contribution < -0.4 is 0 Å². The Morgan fingerprint density at radius 2 is 2.20 bits per heavy atom. The van der Waals surface area contributed by atoms with E-state index in [2.05, 4.69) is 5.11 Å². The molecule has 0 fully saturated rings. The van der Waals surface area contributed by atoms with Crippen LogP contribution in [0, 0.1) is 5.53 Å². The van der Waals surface area contributed by atoms with Gasteiger partial charge in [0.2, 0.25) is 0 Å². The lowest BCUT2D eigenvalue weighted by molar-refractivity contribution is 0.193. The third kappa shape index (κ3) is 3.56. The SMILES string of the molecule is CC(O)N=N. The number of nitrogens with zero attached hydrogens (tertiary/aromatic N) is 1. The summed E-state index contributed by atoms with van der Waals surface area (Å²) in [4.78, 5) is 0. The molecule has 3 heteroatoms. The molecular formula is C2H6N2O. The molecule has 2 N–H and O–H groups in total. The molecule has 0 saturated carbocycles. The average Bonchev–Trinajstić information content (AvgIpc) is 1.38. The Kier molecular flexibility index (Phi) is 1.68. The van der Waals surface area contributed by atoms with Gasteiger partial charge in [0.25, 0.3) is 0 Å². The molecule has 0 heterocycles. The molecule has 1 unspecified atom stereocenters. The number of hydrogen-bond donors (Lipinski definition) is 2. The molecule has 5 heavy (non-hydrogen) atoms. The number of aliphatic hydroxyl groups excluding tert-OH is 1. The van der Waals surface area contributed by atoms with Gasteiger partial charge in [0, 0.05) is 0 Å². The zero-order valence-corrected chi connectivity index (χ0v) is 2.97. The van der Waals surface area contributed by atoms with Crippen LogP contribution in [0.4, 0.5) is 0 Å². The topological polar surface area (TPSA) is 56.4 Å². The zero-order chi connectivity index (χ0) is 4.28. The summed E-state index contributed by atoms with van der Waals surface area (Å²) >= 11 is 0. The van der Waals surface area contributed by atoms with Crippen LogP contribution >= 0.6 is 0 Å². The van der Waals surface area contributed by atoms with Gasteiger partial charge in [-0.25, -0.2) is 5.53 Å². The first-order valence-electron chi connectivity index (χ1n) is 1.32. The molecule has 30 valence electrons. The van der Waals surface area contributed by atoms with Crippen molar-refractivity contribution in [1.82, 2.24) is 0 Å². The molecule has 0 bridgehead atoms. The summed E-state index contributed by atoms with van der Waals surface area (Å²) in [6.45, 7) is 1.42. The predicted octanol–water partition coefficient (Wildman–Crippen LogP) is 0.356. The van der Waals surface area contributed by atoms with E-state index in [1.54, 1.807) is 0 Å². The minimum Gasteiger partial charge on any atom is -0.370 e. The van der Waals surface area contributed by atoms with Gasteiger partial charge in [-0.3, -0.25) is 0 Å². The van der Waals surface area contributed by atoms with Crippen molar-refractivity contribution < 1.29 is 5.11 Å². The smallest absolute Gasteiger partial charge is 0.162 e. The molecule has 0 aromatic rings. The van der Waals surface area contributed by atoms with E-state index in [0.29, 0.717) is 0 Å². The third-order valence-corrected chi connectivity index (χ3v) is 0.187. The Morgan fingerprint density at radius 1 is 2.00 bits per heavy atom. The number of rotatable bonds is 1. The van der Waals surface area contributed by atoms with Crippen LogP contribution in [0.25, 0.3) is 0 Å². The molecule has 0 spiro atoms. The minimum absolute atomic E-state index is 0.824. The first-order chi connectivity index (χ1) is 2.27. The molecule has 1 atom stereocenters. The molecule has 0 radical (unpaired) electrons. The van der Waals surface area contributed by atoms with Crippen LogP contribution in [0.1, 0.15) is 6.92 Å². The summed E-state index contributed by atoms with van der Waals surface area (Å²) in [6.07, 6.45) is -0.824. The maximum absolute atomic E-state index is 8.01. The monoisotopic (exact) mass is 74.0 g/mol. The Labute approximate surface area is 30.1 Å². The minimum atomic E-state index is -0.824. The highest BCUT2D eigenvalue weighted by molar-refractivity contribution is 4.23. The lowest BCUT2D eigenvalue weighted by Gasteiger charge is -1.82. The molecule has 0 aromatic carbocycles. The van der Waals surface area contributed by atoms with E-state index in [-0.39, 0.29) is 0 Å². The normalized spacial score (nSPS) is 14.0. The standard InChI is InChI=1S/C2H6N2O/c1-2(5)4-3/h2-3,5H,1H3. The number of aliphatic hydroxyl groups is 1. The van der Waals surface area contributed by atoms with Gasteiger partial charge in [0.15, 0.2) is 6.23 Å². The van der Waals surface area contributed by atoms with E-state index >= 15 is 0 Å². The predicted molar refractivity (Wildman–Crippen MR) is 16.8 cm³/mol. The van der Waals surface area contributed by atoms with Crippen molar-refractivity contribution in [3.63, 3.8) is 0 Å². The highest BCUT2D eigenvalue weighted by atomic mass is 16.3. The van der Waals surface area contributed by atoms with Crippen LogP contribution in [-0.4, -0.2) is 11.3 Å². The van der Waals surface area contributed by atoms with E-state index in [1.807, 2.05) is 0 Å². The van der Waals surface area contributed by atoms with Crippen molar-refractivity contribution in [3.05, 3.63) is 0 Å². The maximum atomic E-state index is 8.01. The van der Waals surface area contributed by atoms with Crippen molar-refractivity contribution in [2.45, 2.75) is 13.2 Å². The molecule has 0 aliphatic rings. The third-order valence-electron chi connectivity index (χ3n) is 0.187. The van der Waals surface area contributed by atoms with Gasteiger partial charge in [-0.2, -0.15) is 5.11 Å². The fourth-order valence-electron chi connectivity index (χ4n) is 0. The second-order valence-electron chi connectivity index (χ2n) is 0.761. The summed E-state index contributed by atoms with van der Waals surface area (Å²) in [5, 5.41) is 10.7. The van der Waals surface area contributed by atoms with Crippen LogP contribution in [0.3, 0.4) is 0 Å². The van der Waals surface area contributed by atoms with Gasteiger partial charge >= 0.3 is 0 Å². The lowest BCUT2D eigenvalue weighted by Crippen LogP contribution is -1.88. The summed E-state index contributed by atoms with van der Waals surface area (Å²) in [5.41, 5.74) is 6.03. The van der Waals surface area contributed by atoms with Crippen molar-refractivity contribution in [3.8, 4) is 0 Å². The van der Waals surface area contributed by atoms with E-state index in [4.69, 9.17) is 10.6 Å². The van der Waals surface area contributed by atoms with Crippen LogP contribution in [0.2, 0.25) is 0 Å². The van der Waals surface area contributed by atoms with E-state index < -0.39 is 6.23 Å². The van der Waals surface area contributed by atoms with E-state index in [1.165, 1.54) is 6.92 Å². The number of hydrogen-bond acceptors (Lipinski definition) is 3. The van der Waals surface area contributed by atoms with Crippen LogP contribution in [0.15, 0.2) is 5.11 Å². The van der Waals surface area contributed by atoms with Crippen molar-refractivity contribution in [2.75, 3.05) is 0 Å². The molecule has 3 nitrogen and oxygen atoms in total. The van der Waals surface area contributed by atoms with Crippen molar-refractivity contribution in [2.24, 2.45) is 5.11 Å². The maximum Gasteiger partial charge on any atom is 0.162 e. The first kappa shape index (κ1) is 4.56.